The van der Waals surface area contributed by atoms with Crippen LogP contribution in [-0.2, 0) is 14.3 Å². The molecule has 4 nitrogen and oxygen atoms in total. The van der Waals surface area contributed by atoms with Crippen molar-refractivity contribution in [1.29, 1.82) is 0 Å². The monoisotopic (exact) mass is 241 g/mol. The van der Waals surface area contributed by atoms with Crippen LogP contribution in [0.2, 0.25) is 0 Å². The maximum atomic E-state index is 11.7. The number of piperidine rings is 1. The van der Waals surface area contributed by atoms with E-state index in [-0.39, 0.29) is 5.92 Å². The molecule has 0 N–H and O–H groups in total. The fraction of sp³-hybridized carbons (Fsp3) is 0.923. The first-order valence-corrected chi connectivity index (χ1v) is 6.56. The van der Waals surface area contributed by atoms with Crippen molar-refractivity contribution >= 4 is 5.78 Å². The minimum absolute atomic E-state index is 0.0784. The highest BCUT2D eigenvalue weighted by molar-refractivity contribution is 5.82. The fourth-order valence-corrected chi connectivity index (χ4v) is 2.73. The van der Waals surface area contributed by atoms with Gasteiger partial charge in [-0.1, -0.05) is 6.92 Å². The molecule has 0 radical (unpaired) electrons. The Balaban J connectivity index is 1.84. The van der Waals surface area contributed by atoms with Gasteiger partial charge in [-0.15, -0.1) is 0 Å². The van der Waals surface area contributed by atoms with Gasteiger partial charge in [0.25, 0.3) is 0 Å². The van der Waals surface area contributed by atoms with Crippen molar-refractivity contribution in [3.05, 3.63) is 0 Å². The number of hydrogen-bond donors (Lipinski definition) is 0. The van der Waals surface area contributed by atoms with Crippen molar-refractivity contribution in [2.75, 3.05) is 40.0 Å². The summed E-state index contributed by atoms with van der Waals surface area (Å²) >= 11 is 0. The van der Waals surface area contributed by atoms with E-state index in [1.54, 1.807) is 7.11 Å². The van der Waals surface area contributed by atoms with E-state index in [0.29, 0.717) is 37.4 Å². The van der Waals surface area contributed by atoms with Crippen LogP contribution in [0.1, 0.15) is 19.8 Å². The van der Waals surface area contributed by atoms with Gasteiger partial charge in [-0.05, 0) is 18.9 Å². The second kappa shape index (κ2) is 5.94. The summed E-state index contributed by atoms with van der Waals surface area (Å²) < 4.78 is 10.9. The predicted molar refractivity (Wildman–Crippen MR) is 65.0 cm³/mol. The van der Waals surface area contributed by atoms with Crippen LogP contribution in [0.5, 0.6) is 0 Å². The SMILES string of the molecule is COC1CN(CC2COCCC2=O)CCC1C. The lowest BCUT2D eigenvalue weighted by Gasteiger charge is -2.38. The quantitative estimate of drug-likeness (QED) is 0.737. The number of ketones is 1. The number of hydrogen-bond acceptors (Lipinski definition) is 4. The Labute approximate surface area is 103 Å². The Bertz CT molecular complexity index is 269. The third kappa shape index (κ3) is 3.27. The van der Waals surface area contributed by atoms with Gasteiger partial charge in [-0.3, -0.25) is 9.69 Å². The Hall–Kier alpha value is -0.450. The number of methoxy groups -OCH3 is 1. The average molecular weight is 241 g/mol. The van der Waals surface area contributed by atoms with Crippen molar-refractivity contribution in [1.82, 2.24) is 4.90 Å². The molecule has 3 unspecified atom stereocenters. The highest BCUT2D eigenvalue weighted by Crippen LogP contribution is 2.21. The molecule has 98 valence electrons. The van der Waals surface area contributed by atoms with Gasteiger partial charge in [0.1, 0.15) is 5.78 Å². The van der Waals surface area contributed by atoms with Gasteiger partial charge in [0.2, 0.25) is 0 Å². The van der Waals surface area contributed by atoms with E-state index in [1.807, 2.05) is 0 Å². The molecule has 0 aliphatic carbocycles. The molecule has 2 saturated heterocycles. The Morgan fingerprint density at radius 3 is 3.06 bits per heavy atom. The molecule has 2 aliphatic rings. The molecule has 0 aromatic rings. The average Bonchev–Trinajstić information content (AvgIpc) is 2.34. The molecule has 2 heterocycles. The number of carbonyl (C=O) groups is 1. The van der Waals surface area contributed by atoms with E-state index >= 15 is 0 Å². The molecule has 0 spiro atoms. The zero-order valence-corrected chi connectivity index (χ0v) is 10.9. The topological polar surface area (TPSA) is 38.8 Å². The highest BCUT2D eigenvalue weighted by atomic mass is 16.5. The molecule has 2 aliphatic heterocycles. The van der Waals surface area contributed by atoms with Crippen LogP contribution in [0.25, 0.3) is 0 Å². The zero-order chi connectivity index (χ0) is 12.3. The van der Waals surface area contributed by atoms with E-state index in [0.717, 1.165) is 26.1 Å². The summed E-state index contributed by atoms with van der Waals surface area (Å²) in [5.41, 5.74) is 0. The van der Waals surface area contributed by atoms with Crippen molar-refractivity contribution < 1.29 is 14.3 Å². The van der Waals surface area contributed by atoms with Gasteiger partial charge in [0, 0.05) is 26.6 Å². The van der Waals surface area contributed by atoms with Gasteiger partial charge in [0.15, 0.2) is 0 Å². The largest absolute Gasteiger partial charge is 0.380 e. The molecule has 0 aromatic heterocycles. The van der Waals surface area contributed by atoms with Crippen LogP contribution in [0.4, 0.5) is 0 Å². The first kappa shape index (κ1) is 13.0. The van der Waals surface area contributed by atoms with Crippen LogP contribution >= 0.6 is 0 Å². The van der Waals surface area contributed by atoms with Crippen LogP contribution in [-0.4, -0.2) is 56.7 Å². The molecule has 4 heteroatoms. The van der Waals surface area contributed by atoms with Crippen molar-refractivity contribution in [3.8, 4) is 0 Å². The Kier molecular flexibility index (Phi) is 4.54. The lowest BCUT2D eigenvalue weighted by atomic mass is 9.93. The summed E-state index contributed by atoms with van der Waals surface area (Å²) in [6, 6.07) is 0. The maximum Gasteiger partial charge on any atom is 0.141 e. The molecule has 3 atom stereocenters. The number of Topliss-reactive ketones (excluding diaryl/α,β-unsaturated/α-hetero) is 1. The molecule has 2 fully saturated rings. The molecule has 2 rings (SSSR count). The summed E-state index contributed by atoms with van der Waals surface area (Å²) in [6.45, 7) is 6.30. The van der Waals surface area contributed by atoms with Crippen LogP contribution in [0.3, 0.4) is 0 Å². The van der Waals surface area contributed by atoms with E-state index in [1.165, 1.54) is 0 Å². The van der Waals surface area contributed by atoms with E-state index < -0.39 is 0 Å². The Morgan fingerprint density at radius 1 is 1.53 bits per heavy atom. The first-order valence-electron chi connectivity index (χ1n) is 6.56. The molecule has 0 amide bonds. The second-order valence-electron chi connectivity index (χ2n) is 5.29. The first-order chi connectivity index (χ1) is 8.20. The normalized spacial score (nSPS) is 36.1. The number of nitrogens with zero attached hydrogens (tertiary/aromatic N) is 1. The predicted octanol–water partition coefficient (Wildman–Crippen LogP) is 0.949. The van der Waals surface area contributed by atoms with E-state index in [2.05, 4.69) is 11.8 Å². The molecule has 0 aromatic carbocycles. The summed E-state index contributed by atoms with van der Waals surface area (Å²) in [7, 11) is 1.78. The van der Waals surface area contributed by atoms with Crippen LogP contribution in [0, 0.1) is 11.8 Å². The number of carbonyl (C=O) groups excluding carboxylic acids is 1. The molecule has 0 bridgehead atoms. The summed E-state index contributed by atoms with van der Waals surface area (Å²) in [5.74, 6) is 1.06. The lowest BCUT2D eigenvalue weighted by molar-refractivity contribution is -0.132. The smallest absolute Gasteiger partial charge is 0.141 e. The highest BCUT2D eigenvalue weighted by Gasteiger charge is 2.30. The van der Waals surface area contributed by atoms with Gasteiger partial charge in [-0.2, -0.15) is 0 Å². The van der Waals surface area contributed by atoms with Crippen molar-refractivity contribution in [3.63, 3.8) is 0 Å². The minimum Gasteiger partial charge on any atom is -0.380 e. The van der Waals surface area contributed by atoms with Crippen LogP contribution < -0.4 is 0 Å². The fourth-order valence-electron chi connectivity index (χ4n) is 2.73. The standard InChI is InChI=1S/C13H23NO3/c1-10-3-5-14(8-13(10)16-2)7-11-9-17-6-4-12(11)15/h10-11,13H,3-9H2,1-2H3. The maximum absolute atomic E-state index is 11.7. The molecule has 17 heavy (non-hydrogen) atoms. The van der Waals surface area contributed by atoms with Crippen molar-refractivity contribution in [2.24, 2.45) is 11.8 Å². The summed E-state index contributed by atoms with van der Waals surface area (Å²) in [4.78, 5) is 14.1. The molecule has 0 saturated carbocycles. The van der Waals surface area contributed by atoms with E-state index in [4.69, 9.17) is 9.47 Å². The van der Waals surface area contributed by atoms with Crippen LogP contribution in [0.15, 0.2) is 0 Å². The van der Waals surface area contributed by atoms with Gasteiger partial charge in [-0.25, -0.2) is 0 Å². The van der Waals surface area contributed by atoms with Gasteiger partial charge >= 0.3 is 0 Å². The van der Waals surface area contributed by atoms with E-state index in [9.17, 15) is 4.79 Å². The number of ether oxygens (including phenoxy) is 2. The number of likely N-dealkylation sites (tertiary alicyclic amines) is 1. The molecular weight excluding hydrogens is 218 g/mol. The van der Waals surface area contributed by atoms with Gasteiger partial charge in [0.05, 0.1) is 25.2 Å². The van der Waals surface area contributed by atoms with Crippen molar-refractivity contribution in [2.45, 2.75) is 25.9 Å². The Morgan fingerprint density at radius 2 is 2.35 bits per heavy atom. The summed E-state index contributed by atoms with van der Waals surface area (Å²) in [6.07, 6.45) is 2.05. The third-order valence-electron chi connectivity index (χ3n) is 4.02. The van der Waals surface area contributed by atoms with Gasteiger partial charge < -0.3 is 9.47 Å². The molecular formula is C13H23NO3. The number of rotatable bonds is 3. The third-order valence-corrected chi connectivity index (χ3v) is 4.02. The minimum atomic E-state index is 0.0784. The lowest BCUT2D eigenvalue weighted by Crippen LogP contribution is -2.47. The zero-order valence-electron chi connectivity index (χ0n) is 10.9. The second-order valence-corrected chi connectivity index (χ2v) is 5.29. The summed E-state index contributed by atoms with van der Waals surface area (Å²) in [5, 5.41) is 0.